The smallest absolute Gasteiger partial charge is 0.262 e. The van der Waals surface area contributed by atoms with E-state index < -0.39 is 0 Å². The van der Waals surface area contributed by atoms with Crippen LogP contribution in [-0.4, -0.2) is 74.3 Å². The van der Waals surface area contributed by atoms with Gasteiger partial charge in [-0.15, -0.1) is 12.4 Å². The summed E-state index contributed by atoms with van der Waals surface area (Å²) >= 11 is 0. The van der Waals surface area contributed by atoms with Crippen LogP contribution in [0.2, 0.25) is 0 Å². The summed E-state index contributed by atoms with van der Waals surface area (Å²) in [4.78, 5) is 22.4. The number of nitrogens with zero attached hydrogens (tertiary/aromatic N) is 3. The van der Waals surface area contributed by atoms with Gasteiger partial charge in [-0.3, -0.25) is 9.69 Å². The number of piperazine rings is 1. The molecule has 0 bridgehead atoms. The number of aromatic nitrogens is 2. The molecule has 1 amide bonds. The van der Waals surface area contributed by atoms with Crippen LogP contribution in [0.15, 0.2) is 6.33 Å². The van der Waals surface area contributed by atoms with Gasteiger partial charge in [-0.1, -0.05) is 0 Å². The largest absolute Gasteiger partial charge is 0.480 e. The van der Waals surface area contributed by atoms with Crippen molar-refractivity contribution in [1.29, 1.82) is 0 Å². The summed E-state index contributed by atoms with van der Waals surface area (Å²) in [5.74, 6) is 0.127. The minimum Gasteiger partial charge on any atom is -0.480 e. The van der Waals surface area contributed by atoms with Crippen molar-refractivity contribution in [2.24, 2.45) is 0 Å². The number of carbonyl (C=O) groups is 1. The van der Waals surface area contributed by atoms with Gasteiger partial charge in [-0.2, -0.15) is 0 Å². The quantitative estimate of drug-likeness (QED) is 0.730. The second-order valence-electron chi connectivity index (χ2n) is 4.61. The molecule has 0 radical (unpaired) electrons. The van der Waals surface area contributed by atoms with Crippen molar-refractivity contribution in [1.82, 2.24) is 25.5 Å². The number of carbonyl (C=O) groups excluding carboxylic acids is 1. The highest BCUT2D eigenvalue weighted by atomic mass is 35.5. The number of amides is 1. The molecule has 1 saturated heterocycles. The molecule has 1 aliphatic heterocycles. The van der Waals surface area contributed by atoms with Crippen molar-refractivity contribution in [3.8, 4) is 11.8 Å². The van der Waals surface area contributed by atoms with Crippen LogP contribution in [0.1, 0.15) is 10.4 Å². The third-order valence-electron chi connectivity index (χ3n) is 3.31. The monoisotopic (exact) mass is 331 g/mol. The maximum atomic E-state index is 12.3. The molecule has 0 unspecified atom stereocenters. The summed E-state index contributed by atoms with van der Waals surface area (Å²) in [5.41, 5.74) is 0.225. The highest BCUT2D eigenvalue weighted by Crippen LogP contribution is 2.22. The first-order valence-electron chi connectivity index (χ1n) is 6.90. The van der Waals surface area contributed by atoms with Crippen LogP contribution in [0.3, 0.4) is 0 Å². The Labute approximate surface area is 136 Å². The van der Waals surface area contributed by atoms with Crippen LogP contribution < -0.4 is 20.1 Å². The fraction of sp³-hybridized carbons (Fsp3) is 0.615. The van der Waals surface area contributed by atoms with Gasteiger partial charge in [-0.05, 0) is 0 Å². The molecule has 1 aliphatic rings. The van der Waals surface area contributed by atoms with Crippen molar-refractivity contribution in [2.75, 3.05) is 53.5 Å². The van der Waals surface area contributed by atoms with Crippen LogP contribution >= 0.6 is 12.4 Å². The van der Waals surface area contributed by atoms with Gasteiger partial charge < -0.3 is 20.1 Å². The summed E-state index contributed by atoms with van der Waals surface area (Å²) in [6.45, 7) is 5.34. The summed E-state index contributed by atoms with van der Waals surface area (Å²) < 4.78 is 10.2. The van der Waals surface area contributed by atoms with E-state index >= 15 is 0 Å². The molecule has 0 aromatic carbocycles. The van der Waals surface area contributed by atoms with Crippen LogP contribution in [0, 0.1) is 0 Å². The third-order valence-corrected chi connectivity index (χ3v) is 3.31. The molecule has 1 fully saturated rings. The first kappa shape index (κ1) is 18.4. The van der Waals surface area contributed by atoms with E-state index in [0.717, 1.165) is 32.7 Å². The molecule has 2 heterocycles. The molecule has 0 saturated carbocycles. The van der Waals surface area contributed by atoms with Gasteiger partial charge in [0.05, 0.1) is 14.2 Å². The number of nitrogens with one attached hydrogen (secondary N) is 2. The van der Waals surface area contributed by atoms with E-state index in [4.69, 9.17) is 9.47 Å². The molecule has 0 atom stereocenters. The lowest BCUT2D eigenvalue weighted by atomic mass is 10.3. The molecule has 2 N–H and O–H groups in total. The van der Waals surface area contributed by atoms with E-state index in [1.165, 1.54) is 20.5 Å². The highest BCUT2D eigenvalue weighted by Gasteiger charge is 2.20. The predicted octanol–water partition coefficient (Wildman–Crippen LogP) is -0.449. The molecule has 22 heavy (non-hydrogen) atoms. The Morgan fingerprint density at radius 3 is 2.41 bits per heavy atom. The Balaban J connectivity index is 0.00000242. The summed E-state index contributed by atoms with van der Waals surface area (Å²) in [6, 6.07) is 0. The van der Waals surface area contributed by atoms with E-state index in [1.54, 1.807) is 0 Å². The topological polar surface area (TPSA) is 88.6 Å². The maximum absolute atomic E-state index is 12.3. The molecule has 0 spiro atoms. The van der Waals surface area contributed by atoms with Crippen molar-refractivity contribution in [2.45, 2.75) is 0 Å². The average Bonchev–Trinajstić information content (AvgIpc) is 2.54. The molecule has 1 aromatic rings. The first-order chi connectivity index (χ1) is 10.3. The van der Waals surface area contributed by atoms with Crippen molar-refractivity contribution >= 4 is 18.3 Å². The van der Waals surface area contributed by atoms with Crippen molar-refractivity contribution in [3.05, 3.63) is 11.9 Å². The lowest BCUT2D eigenvalue weighted by Gasteiger charge is -2.27. The first-order valence-corrected chi connectivity index (χ1v) is 6.90. The van der Waals surface area contributed by atoms with E-state index in [-0.39, 0.29) is 35.6 Å². The SMILES string of the molecule is COc1ncnc(OC)c1C(=O)NCCN1CCNCC1.Cl. The molecule has 124 valence electrons. The highest BCUT2D eigenvalue weighted by molar-refractivity contribution is 5.98. The molecule has 9 heteroatoms. The molecular weight excluding hydrogens is 310 g/mol. The number of halogens is 1. The summed E-state index contributed by atoms with van der Waals surface area (Å²) in [5, 5.41) is 6.15. The zero-order chi connectivity index (χ0) is 15.1. The summed E-state index contributed by atoms with van der Waals surface area (Å²) in [6.07, 6.45) is 1.30. The Kier molecular flexibility index (Phi) is 7.86. The maximum Gasteiger partial charge on any atom is 0.262 e. The van der Waals surface area contributed by atoms with E-state index in [1.807, 2.05) is 0 Å². The fourth-order valence-electron chi connectivity index (χ4n) is 2.21. The third kappa shape index (κ3) is 4.69. The number of ether oxygens (including phenoxy) is 2. The zero-order valence-corrected chi connectivity index (χ0v) is 13.6. The molecule has 0 aliphatic carbocycles. The van der Waals surface area contributed by atoms with Gasteiger partial charge in [0.1, 0.15) is 6.33 Å². The zero-order valence-electron chi connectivity index (χ0n) is 12.8. The number of hydrogen-bond donors (Lipinski definition) is 2. The molecule has 1 aromatic heterocycles. The van der Waals surface area contributed by atoms with Gasteiger partial charge in [0.25, 0.3) is 5.91 Å². The fourth-order valence-corrected chi connectivity index (χ4v) is 2.21. The van der Waals surface area contributed by atoms with E-state index in [9.17, 15) is 4.79 Å². The van der Waals surface area contributed by atoms with E-state index in [2.05, 4.69) is 25.5 Å². The van der Waals surface area contributed by atoms with Crippen molar-refractivity contribution < 1.29 is 14.3 Å². The molecule has 2 rings (SSSR count). The van der Waals surface area contributed by atoms with Crippen LogP contribution in [0.25, 0.3) is 0 Å². The summed E-state index contributed by atoms with van der Waals surface area (Å²) in [7, 11) is 2.92. The molecule has 8 nitrogen and oxygen atoms in total. The van der Waals surface area contributed by atoms with Gasteiger partial charge in [0.2, 0.25) is 11.8 Å². The number of rotatable bonds is 6. The van der Waals surface area contributed by atoms with Gasteiger partial charge in [-0.25, -0.2) is 9.97 Å². The van der Waals surface area contributed by atoms with Crippen LogP contribution in [-0.2, 0) is 0 Å². The lowest BCUT2D eigenvalue weighted by molar-refractivity contribution is 0.0939. The normalized spacial score (nSPS) is 14.8. The predicted molar refractivity (Wildman–Crippen MR) is 84.0 cm³/mol. The number of methoxy groups -OCH3 is 2. The second kappa shape index (κ2) is 9.39. The van der Waals surface area contributed by atoms with Crippen LogP contribution in [0.5, 0.6) is 11.8 Å². The minimum absolute atomic E-state index is 0. The van der Waals surface area contributed by atoms with Gasteiger partial charge >= 0.3 is 0 Å². The standard InChI is InChI=1S/C13H21N5O3.ClH/c1-20-12-10(13(21-2)17-9-16-12)11(19)15-5-8-18-6-3-14-4-7-18;/h9,14H,3-8H2,1-2H3,(H,15,19);1H. The van der Waals surface area contributed by atoms with Crippen LogP contribution in [0.4, 0.5) is 0 Å². The Hall–Kier alpha value is -1.64. The van der Waals surface area contributed by atoms with Crippen molar-refractivity contribution in [3.63, 3.8) is 0 Å². The average molecular weight is 332 g/mol. The minimum atomic E-state index is -0.292. The van der Waals surface area contributed by atoms with E-state index in [0.29, 0.717) is 6.54 Å². The number of hydrogen-bond acceptors (Lipinski definition) is 7. The molecular formula is C13H22ClN5O3. The Morgan fingerprint density at radius 2 is 1.86 bits per heavy atom. The lowest BCUT2D eigenvalue weighted by Crippen LogP contribution is -2.46. The van der Waals surface area contributed by atoms with Gasteiger partial charge in [0, 0.05) is 39.3 Å². The second-order valence-corrected chi connectivity index (χ2v) is 4.61. The Morgan fingerprint density at radius 1 is 1.27 bits per heavy atom. The Bertz CT molecular complexity index is 460. The van der Waals surface area contributed by atoms with Gasteiger partial charge in [0.15, 0.2) is 5.56 Å².